The van der Waals surface area contributed by atoms with Crippen LogP contribution in [-0.4, -0.2) is 42.2 Å². The van der Waals surface area contributed by atoms with Crippen molar-refractivity contribution in [2.24, 2.45) is 0 Å². The maximum Gasteiger partial charge on any atom is 0.243 e. The molecule has 0 radical (unpaired) electrons. The Morgan fingerprint density at radius 2 is 1.76 bits per heavy atom. The molecule has 1 aliphatic rings. The third-order valence-corrected chi connectivity index (χ3v) is 6.89. The van der Waals surface area contributed by atoms with Gasteiger partial charge in [0.25, 0.3) is 0 Å². The summed E-state index contributed by atoms with van der Waals surface area (Å²) >= 11 is 7.53. The Balaban J connectivity index is 2.15. The predicted molar refractivity (Wildman–Crippen MR) is 90.8 cm³/mol. The van der Waals surface area contributed by atoms with Gasteiger partial charge < -0.3 is 0 Å². The summed E-state index contributed by atoms with van der Waals surface area (Å²) in [5.74, 6) is 0.626. The Kier molecular flexibility index (Phi) is 6.00. The first-order chi connectivity index (χ1) is 9.93. The second kappa shape index (κ2) is 7.36. The van der Waals surface area contributed by atoms with Gasteiger partial charge >= 0.3 is 0 Å². The lowest BCUT2D eigenvalue weighted by atomic mass is 10.1. The fourth-order valence-electron chi connectivity index (χ4n) is 2.58. The molecule has 0 amide bonds. The smallest absolute Gasteiger partial charge is 0.207 e. The maximum atomic E-state index is 12.7. The standard InChI is InChI=1S/C15H22ClNO2S2/c1-12-10-17(11-13(2)20-12)21(18,19)15-7-5-14(6-8-15)4-3-9-16/h5-8,12-13H,3-4,9-11H2,1-2H3. The first-order valence-electron chi connectivity index (χ1n) is 7.24. The maximum absolute atomic E-state index is 12.7. The molecule has 1 aliphatic heterocycles. The monoisotopic (exact) mass is 347 g/mol. The molecule has 0 spiro atoms. The fourth-order valence-corrected chi connectivity index (χ4v) is 5.84. The van der Waals surface area contributed by atoms with Gasteiger partial charge in [-0.25, -0.2) is 8.42 Å². The highest BCUT2D eigenvalue weighted by atomic mass is 35.5. The lowest BCUT2D eigenvalue weighted by molar-refractivity contribution is 0.405. The molecule has 1 saturated heterocycles. The van der Waals surface area contributed by atoms with Crippen LogP contribution in [0.5, 0.6) is 0 Å². The highest BCUT2D eigenvalue weighted by Gasteiger charge is 2.31. The zero-order valence-electron chi connectivity index (χ0n) is 12.5. The molecule has 0 aromatic heterocycles. The van der Waals surface area contributed by atoms with Crippen LogP contribution in [0, 0.1) is 0 Å². The van der Waals surface area contributed by atoms with Crippen molar-refractivity contribution in [2.45, 2.75) is 42.1 Å². The van der Waals surface area contributed by atoms with Gasteiger partial charge in [0.2, 0.25) is 10.0 Å². The Morgan fingerprint density at radius 3 is 2.29 bits per heavy atom. The second-order valence-corrected chi connectivity index (χ2v) is 9.71. The number of nitrogens with zero attached hydrogens (tertiary/aromatic N) is 1. The number of rotatable bonds is 5. The number of sulfonamides is 1. The SMILES string of the molecule is CC1CN(S(=O)(=O)c2ccc(CCCCl)cc2)CC(C)S1. The van der Waals surface area contributed by atoms with E-state index in [-0.39, 0.29) is 0 Å². The number of aryl methyl sites for hydroxylation is 1. The van der Waals surface area contributed by atoms with Crippen molar-refractivity contribution in [3.63, 3.8) is 0 Å². The van der Waals surface area contributed by atoms with Crippen molar-refractivity contribution in [3.05, 3.63) is 29.8 Å². The third-order valence-electron chi connectivity index (χ3n) is 3.55. The third kappa shape index (κ3) is 4.38. The van der Waals surface area contributed by atoms with E-state index < -0.39 is 10.0 Å². The molecule has 2 unspecified atom stereocenters. The molecule has 3 nitrogen and oxygen atoms in total. The molecule has 2 atom stereocenters. The van der Waals surface area contributed by atoms with Crippen LogP contribution < -0.4 is 0 Å². The minimum Gasteiger partial charge on any atom is -0.207 e. The summed E-state index contributed by atoms with van der Waals surface area (Å²) < 4.78 is 27.0. The summed E-state index contributed by atoms with van der Waals surface area (Å²) in [7, 11) is -3.37. The van der Waals surface area contributed by atoms with Crippen molar-refractivity contribution >= 4 is 33.4 Å². The predicted octanol–water partition coefficient (Wildman–Crippen LogP) is 3.37. The highest BCUT2D eigenvalue weighted by molar-refractivity contribution is 8.00. The summed E-state index contributed by atoms with van der Waals surface area (Å²) in [6.07, 6.45) is 1.80. The molecule has 1 aromatic carbocycles. The summed E-state index contributed by atoms with van der Waals surface area (Å²) in [6, 6.07) is 7.22. The van der Waals surface area contributed by atoms with Gasteiger partial charge in [0, 0.05) is 29.5 Å². The van der Waals surface area contributed by atoms with E-state index in [1.54, 1.807) is 16.4 Å². The van der Waals surface area contributed by atoms with Crippen LogP contribution in [0.15, 0.2) is 29.2 Å². The van der Waals surface area contributed by atoms with E-state index in [1.807, 2.05) is 23.9 Å². The van der Waals surface area contributed by atoms with Gasteiger partial charge in [-0.05, 0) is 30.5 Å². The molecular formula is C15H22ClNO2S2. The second-order valence-electron chi connectivity index (χ2n) is 5.52. The Hall–Kier alpha value is -0.230. The minimum atomic E-state index is -3.37. The lowest BCUT2D eigenvalue weighted by Crippen LogP contribution is -2.43. The summed E-state index contributed by atoms with van der Waals surface area (Å²) in [4.78, 5) is 0.392. The molecular weight excluding hydrogens is 326 g/mol. The normalized spacial score (nSPS) is 24.1. The van der Waals surface area contributed by atoms with Gasteiger partial charge in [0.15, 0.2) is 0 Å². The van der Waals surface area contributed by atoms with E-state index in [4.69, 9.17) is 11.6 Å². The molecule has 2 rings (SSSR count). The molecule has 21 heavy (non-hydrogen) atoms. The number of alkyl halides is 1. The van der Waals surface area contributed by atoms with E-state index in [0.29, 0.717) is 34.4 Å². The van der Waals surface area contributed by atoms with E-state index in [9.17, 15) is 8.42 Å². The van der Waals surface area contributed by atoms with Crippen LogP contribution in [0.3, 0.4) is 0 Å². The van der Waals surface area contributed by atoms with Crippen LogP contribution in [0.2, 0.25) is 0 Å². The van der Waals surface area contributed by atoms with E-state index in [1.165, 1.54) is 0 Å². The molecule has 118 valence electrons. The summed E-state index contributed by atoms with van der Waals surface area (Å²) in [6.45, 7) is 5.34. The van der Waals surface area contributed by atoms with Gasteiger partial charge in [0.1, 0.15) is 0 Å². The number of hydrogen-bond acceptors (Lipinski definition) is 3. The average molecular weight is 348 g/mol. The number of benzene rings is 1. The molecule has 0 N–H and O–H groups in total. The Morgan fingerprint density at radius 1 is 1.19 bits per heavy atom. The van der Waals surface area contributed by atoms with Crippen molar-refractivity contribution in [3.8, 4) is 0 Å². The summed E-state index contributed by atoms with van der Waals surface area (Å²) in [5.41, 5.74) is 1.13. The van der Waals surface area contributed by atoms with Gasteiger partial charge in [-0.3, -0.25) is 0 Å². The van der Waals surface area contributed by atoms with Crippen molar-refractivity contribution < 1.29 is 8.42 Å². The molecule has 1 heterocycles. The van der Waals surface area contributed by atoms with Gasteiger partial charge in [-0.1, -0.05) is 26.0 Å². The largest absolute Gasteiger partial charge is 0.243 e. The highest BCUT2D eigenvalue weighted by Crippen LogP contribution is 2.28. The van der Waals surface area contributed by atoms with Crippen LogP contribution in [-0.2, 0) is 16.4 Å². The van der Waals surface area contributed by atoms with E-state index in [2.05, 4.69) is 13.8 Å². The van der Waals surface area contributed by atoms with Gasteiger partial charge in [-0.15, -0.1) is 11.6 Å². The molecule has 1 fully saturated rings. The zero-order chi connectivity index (χ0) is 15.5. The van der Waals surface area contributed by atoms with E-state index in [0.717, 1.165) is 18.4 Å². The topological polar surface area (TPSA) is 37.4 Å². The number of thioether (sulfide) groups is 1. The Labute approximate surface area is 137 Å². The lowest BCUT2D eigenvalue weighted by Gasteiger charge is -2.33. The van der Waals surface area contributed by atoms with Crippen molar-refractivity contribution in [1.29, 1.82) is 0 Å². The van der Waals surface area contributed by atoms with Crippen LogP contribution in [0.4, 0.5) is 0 Å². The summed E-state index contributed by atoms with van der Waals surface area (Å²) in [5, 5.41) is 0.679. The Bertz CT molecular complexity index is 550. The van der Waals surface area contributed by atoms with Crippen LogP contribution >= 0.6 is 23.4 Å². The first-order valence-corrected chi connectivity index (χ1v) is 10.2. The van der Waals surface area contributed by atoms with E-state index >= 15 is 0 Å². The molecule has 0 saturated carbocycles. The van der Waals surface area contributed by atoms with Gasteiger partial charge in [-0.2, -0.15) is 16.1 Å². The minimum absolute atomic E-state index is 0.339. The zero-order valence-corrected chi connectivity index (χ0v) is 14.8. The first kappa shape index (κ1) is 17.1. The van der Waals surface area contributed by atoms with Crippen LogP contribution in [0.1, 0.15) is 25.8 Å². The van der Waals surface area contributed by atoms with Crippen LogP contribution in [0.25, 0.3) is 0 Å². The molecule has 1 aromatic rings. The molecule has 6 heteroatoms. The molecule has 0 bridgehead atoms. The fraction of sp³-hybridized carbons (Fsp3) is 0.600. The quantitative estimate of drug-likeness (QED) is 0.766. The number of halogens is 1. The average Bonchev–Trinajstić information content (AvgIpc) is 2.44. The number of hydrogen-bond donors (Lipinski definition) is 0. The van der Waals surface area contributed by atoms with Gasteiger partial charge in [0.05, 0.1) is 4.90 Å². The molecule has 0 aliphatic carbocycles. The van der Waals surface area contributed by atoms with Crippen molar-refractivity contribution in [1.82, 2.24) is 4.31 Å². The van der Waals surface area contributed by atoms with Crippen molar-refractivity contribution in [2.75, 3.05) is 19.0 Å².